The third-order valence-electron chi connectivity index (χ3n) is 7.46. The molecule has 0 saturated carbocycles. The number of carbonyl (C=O) groups is 4. The van der Waals surface area contributed by atoms with Crippen LogP contribution < -0.4 is 5.32 Å². The van der Waals surface area contributed by atoms with Crippen LogP contribution in [-0.2, 0) is 21.7 Å². The predicted octanol–water partition coefficient (Wildman–Crippen LogP) is 2.18. The molecule has 1 unspecified atom stereocenters. The lowest BCUT2D eigenvalue weighted by molar-refractivity contribution is -0.136. The fraction of sp³-hybridized carbons (Fsp3) is 0.346. The van der Waals surface area contributed by atoms with Gasteiger partial charge in [-0.1, -0.05) is 12.1 Å². The smallest absolute Gasteiger partial charge is 0.262 e. The van der Waals surface area contributed by atoms with Gasteiger partial charge in [-0.25, -0.2) is 4.98 Å². The van der Waals surface area contributed by atoms with Gasteiger partial charge in [0, 0.05) is 26.1 Å². The Morgan fingerprint density at radius 2 is 1.81 bits per heavy atom. The van der Waals surface area contributed by atoms with Crippen molar-refractivity contribution < 1.29 is 24.3 Å². The second-order valence-corrected chi connectivity index (χ2v) is 10.6. The number of fused-ring (bicyclic) bond motifs is 2. The van der Waals surface area contributed by atoms with E-state index in [1.807, 2.05) is 5.51 Å². The number of aromatic nitrogens is 1. The van der Waals surface area contributed by atoms with Gasteiger partial charge in [-0.05, 0) is 54.7 Å². The minimum Gasteiger partial charge on any atom is -0.385 e. The highest BCUT2D eigenvalue weighted by Gasteiger charge is 2.45. The molecule has 0 spiro atoms. The van der Waals surface area contributed by atoms with Gasteiger partial charge in [0.2, 0.25) is 11.8 Å². The van der Waals surface area contributed by atoms with Crippen molar-refractivity contribution in [1.82, 2.24) is 20.1 Å². The van der Waals surface area contributed by atoms with E-state index in [2.05, 4.69) is 33.4 Å². The molecule has 6 rings (SSSR count). The summed E-state index contributed by atoms with van der Waals surface area (Å²) in [5, 5.41) is 13.7. The fourth-order valence-corrected chi connectivity index (χ4v) is 6.05. The van der Waals surface area contributed by atoms with Crippen molar-refractivity contribution in [3.63, 3.8) is 0 Å². The zero-order valence-corrected chi connectivity index (χ0v) is 20.2. The molecule has 0 bridgehead atoms. The first kappa shape index (κ1) is 23.0. The van der Waals surface area contributed by atoms with Gasteiger partial charge in [-0.3, -0.25) is 34.3 Å². The van der Waals surface area contributed by atoms with Gasteiger partial charge in [-0.15, -0.1) is 11.3 Å². The van der Waals surface area contributed by atoms with Gasteiger partial charge in [-0.2, -0.15) is 0 Å². The van der Waals surface area contributed by atoms with E-state index < -0.39 is 35.3 Å². The van der Waals surface area contributed by atoms with E-state index >= 15 is 0 Å². The molecular formula is C26H24N4O5S. The Hall–Kier alpha value is -3.47. The van der Waals surface area contributed by atoms with Crippen molar-refractivity contribution in [3.8, 4) is 0 Å². The lowest BCUT2D eigenvalue weighted by Crippen LogP contribution is -2.54. The number of rotatable bonds is 4. The van der Waals surface area contributed by atoms with Crippen LogP contribution in [-0.4, -0.2) is 62.7 Å². The first-order valence-electron chi connectivity index (χ1n) is 12.0. The summed E-state index contributed by atoms with van der Waals surface area (Å²) in [5.41, 5.74) is 3.89. The van der Waals surface area contributed by atoms with Crippen LogP contribution in [0.15, 0.2) is 41.9 Å². The summed E-state index contributed by atoms with van der Waals surface area (Å²) in [6.07, 6.45) is 1.16. The van der Waals surface area contributed by atoms with E-state index in [0.29, 0.717) is 31.5 Å². The van der Waals surface area contributed by atoms with Crippen LogP contribution in [0.4, 0.5) is 0 Å². The number of nitrogens with zero attached hydrogens (tertiary/aromatic N) is 3. The summed E-state index contributed by atoms with van der Waals surface area (Å²) in [6, 6.07) is 10.1. The normalized spacial score (nSPS) is 22.2. The number of imide groups is 2. The SMILES string of the molecule is O=C1CCC(N2C(=O)c3ccc(C4(O)CCN(Cc5ccc6scnc6c5)CC4)cc3C2=O)C(=O)N1. The van der Waals surface area contributed by atoms with Gasteiger partial charge in [0.05, 0.1) is 32.5 Å². The largest absolute Gasteiger partial charge is 0.385 e. The molecule has 10 heteroatoms. The summed E-state index contributed by atoms with van der Waals surface area (Å²) in [5.74, 6) is -2.16. The molecule has 2 fully saturated rings. The van der Waals surface area contributed by atoms with Crippen LogP contribution >= 0.6 is 11.3 Å². The highest BCUT2D eigenvalue weighted by Crippen LogP contribution is 2.37. The number of piperidine rings is 2. The molecule has 4 heterocycles. The zero-order valence-electron chi connectivity index (χ0n) is 19.4. The number of benzene rings is 2. The van der Waals surface area contributed by atoms with Crippen molar-refractivity contribution in [2.45, 2.75) is 43.9 Å². The van der Waals surface area contributed by atoms with Crippen molar-refractivity contribution in [3.05, 3.63) is 64.2 Å². The summed E-state index contributed by atoms with van der Waals surface area (Å²) >= 11 is 1.62. The number of nitrogens with one attached hydrogen (secondary N) is 1. The topological polar surface area (TPSA) is 120 Å². The Morgan fingerprint density at radius 1 is 1.03 bits per heavy atom. The van der Waals surface area contributed by atoms with Gasteiger partial charge >= 0.3 is 0 Å². The quantitative estimate of drug-likeness (QED) is 0.523. The molecule has 3 aromatic rings. The molecule has 3 aliphatic heterocycles. The van der Waals surface area contributed by atoms with Gasteiger partial charge in [0.25, 0.3) is 11.8 Å². The Kier molecular flexibility index (Phi) is 5.47. The second kappa shape index (κ2) is 8.58. The molecule has 0 aliphatic carbocycles. The summed E-state index contributed by atoms with van der Waals surface area (Å²) in [7, 11) is 0. The highest BCUT2D eigenvalue weighted by molar-refractivity contribution is 7.16. The van der Waals surface area contributed by atoms with Crippen LogP contribution in [0.25, 0.3) is 10.2 Å². The number of likely N-dealkylation sites (tertiary alicyclic amines) is 1. The molecule has 2 saturated heterocycles. The zero-order chi connectivity index (χ0) is 25.0. The maximum Gasteiger partial charge on any atom is 0.262 e. The monoisotopic (exact) mass is 504 g/mol. The van der Waals surface area contributed by atoms with Gasteiger partial charge < -0.3 is 5.11 Å². The molecule has 1 aromatic heterocycles. The fourth-order valence-electron chi connectivity index (χ4n) is 5.39. The first-order chi connectivity index (χ1) is 17.3. The molecule has 3 aliphatic rings. The third kappa shape index (κ3) is 3.82. The molecule has 2 N–H and O–H groups in total. The van der Waals surface area contributed by atoms with Gasteiger partial charge in [0.15, 0.2) is 0 Å². The van der Waals surface area contributed by atoms with Crippen LogP contribution in [0, 0.1) is 0 Å². The Labute approximate surface area is 210 Å². The summed E-state index contributed by atoms with van der Waals surface area (Å²) in [6.45, 7) is 2.12. The number of amides is 4. The van der Waals surface area contributed by atoms with Crippen LogP contribution in [0.2, 0.25) is 0 Å². The molecule has 9 nitrogen and oxygen atoms in total. The van der Waals surface area contributed by atoms with Crippen LogP contribution in [0.1, 0.15) is 57.5 Å². The summed E-state index contributed by atoms with van der Waals surface area (Å²) in [4.78, 5) is 57.5. The minimum atomic E-state index is -1.12. The average Bonchev–Trinajstić information content (AvgIpc) is 3.43. The van der Waals surface area contributed by atoms with E-state index in [4.69, 9.17) is 0 Å². The van der Waals surface area contributed by atoms with E-state index in [1.54, 1.807) is 29.5 Å². The Balaban J connectivity index is 1.17. The highest BCUT2D eigenvalue weighted by atomic mass is 32.1. The Morgan fingerprint density at radius 3 is 2.58 bits per heavy atom. The number of aliphatic hydroxyl groups is 1. The third-order valence-corrected chi connectivity index (χ3v) is 8.27. The van der Waals surface area contributed by atoms with E-state index in [-0.39, 0.29) is 24.0 Å². The van der Waals surface area contributed by atoms with E-state index in [0.717, 1.165) is 21.7 Å². The number of carbonyl (C=O) groups excluding carboxylic acids is 4. The average molecular weight is 505 g/mol. The summed E-state index contributed by atoms with van der Waals surface area (Å²) < 4.78 is 1.16. The molecule has 184 valence electrons. The number of hydrogen-bond donors (Lipinski definition) is 2. The first-order valence-corrected chi connectivity index (χ1v) is 12.8. The number of hydrogen-bond acceptors (Lipinski definition) is 8. The maximum atomic E-state index is 13.1. The molecule has 2 aromatic carbocycles. The van der Waals surface area contributed by atoms with E-state index in [1.165, 1.54) is 5.56 Å². The van der Waals surface area contributed by atoms with Crippen molar-refractivity contribution in [1.29, 1.82) is 0 Å². The molecule has 1 atom stereocenters. The molecular weight excluding hydrogens is 480 g/mol. The van der Waals surface area contributed by atoms with Crippen molar-refractivity contribution in [2.75, 3.05) is 13.1 Å². The van der Waals surface area contributed by atoms with Gasteiger partial charge in [0.1, 0.15) is 6.04 Å². The van der Waals surface area contributed by atoms with E-state index in [9.17, 15) is 24.3 Å². The second-order valence-electron chi connectivity index (χ2n) is 9.67. The number of thiazole rings is 1. The maximum absolute atomic E-state index is 13.1. The van der Waals surface area contributed by atoms with Crippen molar-refractivity contribution in [2.24, 2.45) is 0 Å². The van der Waals surface area contributed by atoms with Crippen molar-refractivity contribution >= 4 is 45.2 Å². The Bertz CT molecular complexity index is 1420. The minimum absolute atomic E-state index is 0.0724. The molecule has 4 amide bonds. The molecule has 36 heavy (non-hydrogen) atoms. The lowest BCUT2D eigenvalue weighted by atomic mass is 9.83. The predicted molar refractivity (Wildman–Crippen MR) is 131 cm³/mol. The van der Waals surface area contributed by atoms with Crippen LogP contribution in [0.3, 0.4) is 0 Å². The lowest BCUT2D eigenvalue weighted by Gasteiger charge is -2.38. The molecule has 0 radical (unpaired) electrons. The standard InChI is InChI=1S/C26H24N4O5S/c31-22-6-4-20(23(32)28-22)30-24(33)17-3-2-16(12-18(17)25(30)34)26(35)7-9-29(10-8-26)13-15-1-5-21-19(11-15)27-14-36-21/h1-3,5,11-12,14,20,35H,4,6-10,13H2,(H,28,31,32). The van der Waals surface area contributed by atoms with Crippen LogP contribution in [0.5, 0.6) is 0 Å².